The molecule has 2 N–H and O–H groups in total. The van der Waals surface area contributed by atoms with Gasteiger partial charge in [-0.15, -0.1) is 0 Å². The minimum absolute atomic E-state index is 0.166. The van der Waals surface area contributed by atoms with Gasteiger partial charge in [0.25, 0.3) is 0 Å². The Morgan fingerprint density at radius 1 is 1.11 bits per heavy atom. The van der Waals surface area contributed by atoms with Gasteiger partial charge >= 0.3 is 0 Å². The molecule has 0 bridgehead atoms. The van der Waals surface area contributed by atoms with Crippen molar-refractivity contribution in [2.75, 3.05) is 11.9 Å². The van der Waals surface area contributed by atoms with Crippen LogP contribution in [0.5, 0.6) is 0 Å². The van der Waals surface area contributed by atoms with Gasteiger partial charge < -0.3 is 10.3 Å². The molecular formula is C20H21FN6. The van der Waals surface area contributed by atoms with Gasteiger partial charge in [0.05, 0.1) is 11.8 Å². The molecule has 4 rings (SSSR count). The minimum atomic E-state index is -0.166. The molecule has 0 saturated carbocycles. The number of rotatable bonds is 7. The number of nitrogens with zero attached hydrogens (tertiary/aromatic N) is 4. The van der Waals surface area contributed by atoms with Gasteiger partial charge in [0, 0.05) is 23.2 Å². The molecule has 1 aromatic carbocycles. The van der Waals surface area contributed by atoms with Crippen molar-refractivity contribution in [1.29, 1.82) is 0 Å². The van der Waals surface area contributed by atoms with Crippen molar-refractivity contribution in [3.8, 4) is 0 Å². The Labute approximate surface area is 156 Å². The molecule has 3 heterocycles. The van der Waals surface area contributed by atoms with Gasteiger partial charge in [0.1, 0.15) is 17.7 Å². The average Bonchev–Trinajstić information content (AvgIpc) is 3.18. The zero-order chi connectivity index (χ0) is 18.6. The molecule has 0 spiro atoms. The number of hydrogen-bond donors (Lipinski definition) is 2. The van der Waals surface area contributed by atoms with Crippen molar-refractivity contribution in [3.63, 3.8) is 0 Å². The van der Waals surface area contributed by atoms with Crippen LogP contribution in [0.3, 0.4) is 0 Å². The fourth-order valence-corrected chi connectivity index (χ4v) is 3.26. The van der Waals surface area contributed by atoms with Gasteiger partial charge in [0.2, 0.25) is 0 Å². The summed E-state index contributed by atoms with van der Waals surface area (Å²) in [5, 5.41) is 3.83. The maximum Gasteiger partial charge on any atom is 0.162 e. The normalized spacial score (nSPS) is 11.3. The van der Waals surface area contributed by atoms with Crippen molar-refractivity contribution in [1.82, 2.24) is 24.9 Å². The highest BCUT2D eigenvalue weighted by Crippen LogP contribution is 2.24. The number of aromatic amines is 1. The maximum absolute atomic E-state index is 15.2. The fourth-order valence-electron chi connectivity index (χ4n) is 3.26. The van der Waals surface area contributed by atoms with Gasteiger partial charge in [-0.25, -0.2) is 19.3 Å². The molecule has 0 unspecified atom stereocenters. The number of aromatic nitrogens is 5. The summed E-state index contributed by atoms with van der Waals surface area (Å²) >= 11 is 0. The van der Waals surface area contributed by atoms with Crippen LogP contribution in [0.4, 0.5) is 10.2 Å². The molecule has 0 saturated heterocycles. The Morgan fingerprint density at radius 2 is 2.00 bits per heavy atom. The number of aryl methyl sites for hydroxylation is 1. The number of para-hydroxylation sites is 1. The first kappa shape index (κ1) is 17.3. The Morgan fingerprint density at radius 3 is 2.89 bits per heavy atom. The molecule has 0 aliphatic rings. The van der Waals surface area contributed by atoms with Crippen molar-refractivity contribution in [3.05, 3.63) is 54.0 Å². The Balaban J connectivity index is 1.60. The van der Waals surface area contributed by atoms with Crippen LogP contribution in [0.15, 0.2) is 36.9 Å². The van der Waals surface area contributed by atoms with Crippen LogP contribution in [-0.2, 0) is 12.8 Å². The number of pyridine rings is 1. The van der Waals surface area contributed by atoms with Crippen molar-refractivity contribution in [2.24, 2.45) is 0 Å². The van der Waals surface area contributed by atoms with E-state index in [1.807, 2.05) is 18.2 Å². The molecule has 3 aromatic heterocycles. The first-order valence-electron chi connectivity index (χ1n) is 9.22. The fraction of sp³-hybridized carbons (Fsp3) is 0.300. The third-order valence-electron chi connectivity index (χ3n) is 4.66. The molecule has 0 fully saturated rings. The molecule has 0 radical (unpaired) electrons. The van der Waals surface area contributed by atoms with E-state index in [9.17, 15) is 0 Å². The smallest absolute Gasteiger partial charge is 0.162 e. The minimum Gasteiger partial charge on any atom is -0.368 e. The van der Waals surface area contributed by atoms with Crippen molar-refractivity contribution < 1.29 is 4.39 Å². The Kier molecular flexibility index (Phi) is 4.91. The van der Waals surface area contributed by atoms with E-state index in [4.69, 9.17) is 4.98 Å². The molecule has 0 atom stereocenters. The summed E-state index contributed by atoms with van der Waals surface area (Å²) in [6, 6.07) is 7.39. The monoisotopic (exact) mass is 364 g/mol. The molecular weight excluding hydrogens is 343 g/mol. The second-order valence-electron chi connectivity index (χ2n) is 6.47. The largest absolute Gasteiger partial charge is 0.368 e. The summed E-state index contributed by atoms with van der Waals surface area (Å²) in [7, 11) is 0. The predicted molar refractivity (Wildman–Crippen MR) is 104 cm³/mol. The van der Waals surface area contributed by atoms with Gasteiger partial charge in [-0.05, 0) is 31.4 Å². The molecule has 0 aliphatic carbocycles. The predicted octanol–water partition coefficient (Wildman–Crippen LogP) is 4.04. The number of anilines is 1. The SMILES string of the molecule is CCCCc1nc2ccccc2c(F)c1CCNc1ncnc2[nH]cnc12. The number of imidazole rings is 1. The third kappa shape index (κ3) is 3.45. The van der Waals surface area contributed by atoms with Gasteiger partial charge in [-0.2, -0.15) is 0 Å². The lowest BCUT2D eigenvalue weighted by molar-refractivity contribution is 0.613. The molecule has 7 heteroatoms. The summed E-state index contributed by atoms with van der Waals surface area (Å²) in [6.45, 7) is 2.66. The van der Waals surface area contributed by atoms with Crippen LogP contribution in [0.25, 0.3) is 22.1 Å². The summed E-state index contributed by atoms with van der Waals surface area (Å²) < 4.78 is 15.2. The van der Waals surface area contributed by atoms with Crippen LogP contribution < -0.4 is 5.32 Å². The highest BCUT2D eigenvalue weighted by molar-refractivity contribution is 5.82. The number of halogens is 1. The van der Waals surface area contributed by atoms with Gasteiger partial charge in [-0.1, -0.05) is 25.5 Å². The number of benzene rings is 1. The van der Waals surface area contributed by atoms with E-state index >= 15 is 4.39 Å². The molecule has 6 nitrogen and oxygen atoms in total. The van der Waals surface area contributed by atoms with E-state index in [2.05, 4.69) is 32.2 Å². The van der Waals surface area contributed by atoms with E-state index in [1.165, 1.54) is 6.33 Å². The summed E-state index contributed by atoms with van der Waals surface area (Å²) in [5.41, 5.74) is 3.60. The standard InChI is InChI=1S/C20H21FN6/c1-2-3-7-15-14(17(21)13-6-4-5-8-16(13)27-15)9-10-22-19-18-20(24-11-23-18)26-12-25-19/h4-6,8,11-12H,2-3,7,9-10H2,1H3,(H2,22,23,24,25,26). The lowest BCUT2D eigenvalue weighted by Crippen LogP contribution is -2.11. The molecule has 27 heavy (non-hydrogen) atoms. The maximum atomic E-state index is 15.2. The number of fused-ring (bicyclic) bond motifs is 2. The summed E-state index contributed by atoms with van der Waals surface area (Å²) in [6.07, 6.45) is 6.41. The summed E-state index contributed by atoms with van der Waals surface area (Å²) in [5.74, 6) is 0.478. The zero-order valence-electron chi connectivity index (χ0n) is 15.2. The van der Waals surface area contributed by atoms with E-state index < -0.39 is 0 Å². The van der Waals surface area contributed by atoms with Gasteiger partial charge in [0.15, 0.2) is 11.5 Å². The van der Waals surface area contributed by atoms with E-state index in [0.717, 1.165) is 25.0 Å². The first-order chi connectivity index (χ1) is 13.3. The number of unbranched alkanes of at least 4 members (excludes halogenated alkanes) is 1. The molecule has 0 aliphatic heterocycles. The lowest BCUT2D eigenvalue weighted by atomic mass is 10.0. The highest BCUT2D eigenvalue weighted by atomic mass is 19.1. The van der Waals surface area contributed by atoms with Crippen molar-refractivity contribution >= 4 is 27.9 Å². The number of nitrogens with one attached hydrogen (secondary N) is 2. The Hall–Kier alpha value is -3.09. The molecule has 0 amide bonds. The highest BCUT2D eigenvalue weighted by Gasteiger charge is 2.15. The zero-order valence-corrected chi connectivity index (χ0v) is 15.2. The number of H-pyrrole nitrogens is 1. The number of hydrogen-bond acceptors (Lipinski definition) is 5. The van der Waals surface area contributed by atoms with Gasteiger partial charge in [-0.3, -0.25) is 4.98 Å². The Bertz CT molecular complexity index is 1070. The third-order valence-corrected chi connectivity index (χ3v) is 4.66. The lowest BCUT2D eigenvalue weighted by Gasteiger charge is -2.13. The average molecular weight is 364 g/mol. The summed E-state index contributed by atoms with van der Waals surface area (Å²) in [4.78, 5) is 20.3. The van der Waals surface area contributed by atoms with Crippen LogP contribution >= 0.6 is 0 Å². The van der Waals surface area contributed by atoms with Crippen LogP contribution in [0.1, 0.15) is 31.0 Å². The van der Waals surface area contributed by atoms with E-state index in [-0.39, 0.29) is 5.82 Å². The second-order valence-corrected chi connectivity index (χ2v) is 6.47. The molecule has 138 valence electrons. The van der Waals surface area contributed by atoms with Crippen LogP contribution in [-0.4, -0.2) is 31.5 Å². The van der Waals surface area contributed by atoms with E-state index in [1.54, 1.807) is 12.4 Å². The quantitative estimate of drug-likeness (QED) is 0.517. The second kappa shape index (κ2) is 7.65. The van der Waals surface area contributed by atoms with Crippen LogP contribution in [0, 0.1) is 5.82 Å². The molecule has 4 aromatic rings. The first-order valence-corrected chi connectivity index (χ1v) is 9.22. The topological polar surface area (TPSA) is 79.4 Å². The van der Waals surface area contributed by atoms with E-state index in [0.29, 0.717) is 46.4 Å². The van der Waals surface area contributed by atoms with Crippen LogP contribution in [0.2, 0.25) is 0 Å². The van der Waals surface area contributed by atoms with Crippen molar-refractivity contribution in [2.45, 2.75) is 32.6 Å².